The van der Waals surface area contributed by atoms with Gasteiger partial charge < -0.3 is 9.88 Å². The largest absolute Gasteiger partial charge is 0.343 e. The zero-order chi connectivity index (χ0) is 19.5. The van der Waals surface area contributed by atoms with Crippen LogP contribution >= 0.6 is 11.3 Å². The Kier molecular flexibility index (Phi) is 5.54. The predicted molar refractivity (Wildman–Crippen MR) is 110 cm³/mol. The highest BCUT2D eigenvalue weighted by Crippen LogP contribution is 2.30. The Bertz CT molecular complexity index is 919. The van der Waals surface area contributed by atoms with E-state index in [2.05, 4.69) is 57.7 Å². The fourth-order valence-electron chi connectivity index (χ4n) is 3.83. The molecule has 1 amide bonds. The minimum absolute atomic E-state index is 0.0352. The Balaban J connectivity index is 1.49. The van der Waals surface area contributed by atoms with E-state index in [1.54, 1.807) is 17.7 Å². The standard InChI is InChI=1S/C21H25N5OS/c1-15-7-9-16(10-8-15)20(18-6-4-12-28-18)23-19(27)13-26-11-3-5-17(26)21-24-22-14-25(21)2/h4,6-10,12,14,17,20H,3,5,11,13H2,1-2H3,(H,23,27)/t17-,20-/m0/s1. The van der Waals surface area contributed by atoms with Crippen LogP contribution in [0.25, 0.3) is 0 Å². The number of aryl methyl sites for hydroxylation is 2. The van der Waals surface area contributed by atoms with Gasteiger partial charge in [0.25, 0.3) is 0 Å². The number of nitrogens with one attached hydrogen (secondary N) is 1. The number of aromatic nitrogens is 3. The van der Waals surface area contributed by atoms with Crippen LogP contribution in [-0.4, -0.2) is 38.7 Å². The van der Waals surface area contributed by atoms with Crippen LogP contribution in [0.4, 0.5) is 0 Å². The van der Waals surface area contributed by atoms with Crippen molar-refractivity contribution in [2.45, 2.75) is 31.8 Å². The topological polar surface area (TPSA) is 63.1 Å². The van der Waals surface area contributed by atoms with Crippen molar-refractivity contribution in [3.8, 4) is 0 Å². The van der Waals surface area contributed by atoms with Gasteiger partial charge in [-0.1, -0.05) is 35.9 Å². The molecule has 6 nitrogen and oxygen atoms in total. The lowest BCUT2D eigenvalue weighted by atomic mass is 10.0. The molecule has 4 rings (SSSR count). The maximum atomic E-state index is 13.0. The number of likely N-dealkylation sites (tertiary alicyclic amines) is 1. The van der Waals surface area contributed by atoms with Crippen molar-refractivity contribution in [1.29, 1.82) is 0 Å². The van der Waals surface area contributed by atoms with Crippen LogP contribution in [0.1, 0.15) is 46.8 Å². The second kappa shape index (κ2) is 8.24. The molecule has 0 bridgehead atoms. The summed E-state index contributed by atoms with van der Waals surface area (Å²) in [5, 5.41) is 13.5. The van der Waals surface area contributed by atoms with Gasteiger partial charge in [0.1, 0.15) is 12.2 Å². The third-order valence-electron chi connectivity index (χ3n) is 5.30. The summed E-state index contributed by atoms with van der Waals surface area (Å²) in [6.45, 7) is 3.34. The molecule has 0 aliphatic carbocycles. The molecule has 7 heteroatoms. The van der Waals surface area contributed by atoms with Gasteiger partial charge in [0.15, 0.2) is 0 Å². The second-order valence-corrected chi connectivity index (χ2v) is 8.33. The van der Waals surface area contributed by atoms with E-state index in [1.807, 2.05) is 23.1 Å². The van der Waals surface area contributed by atoms with Crippen molar-refractivity contribution in [3.63, 3.8) is 0 Å². The number of hydrogen-bond donors (Lipinski definition) is 1. The molecule has 0 spiro atoms. The van der Waals surface area contributed by atoms with Crippen molar-refractivity contribution >= 4 is 17.2 Å². The summed E-state index contributed by atoms with van der Waals surface area (Å²) in [5.74, 6) is 0.965. The van der Waals surface area contributed by atoms with Crippen LogP contribution in [0.15, 0.2) is 48.1 Å². The minimum atomic E-state index is -0.121. The number of carbonyl (C=O) groups is 1. The lowest BCUT2D eigenvalue weighted by Crippen LogP contribution is -2.39. The van der Waals surface area contributed by atoms with Crippen molar-refractivity contribution in [2.24, 2.45) is 7.05 Å². The van der Waals surface area contributed by atoms with Gasteiger partial charge in [-0.25, -0.2) is 0 Å². The molecule has 0 radical (unpaired) electrons. The maximum absolute atomic E-state index is 13.0. The van der Waals surface area contributed by atoms with E-state index in [-0.39, 0.29) is 18.0 Å². The third-order valence-corrected chi connectivity index (χ3v) is 6.24. The molecule has 1 aromatic carbocycles. The van der Waals surface area contributed by atoms with Crippen LogP contribution in [-0.2, 0) is 11.8 Å². The van der Waals surface area contributed by atoms with Crippen molar-refractivity contribution in [2.75, 3.05) is 13.1 Å². The molecule has 2 aromatic heterocycles. The molecular weight excluding hydrogens is 370 g/mol. The number of carbonyl (C=O) groups excluding carboxylic acids is 1. The van der Waals surface area contributed by atoms with E-state index in [0.29, 0.717) is 6.54 Å². The number of nitrogens with zero attached hydrogens (tertiary/aromatic N) is 4. The molecule has 1 fully saturated rings. The molecule has 0 unspecified atom stereocenters. The van der Waals surface area contributed by atoms with E-state index in [9.17, 15) is 4.79 Å². The van der Waals surface area contributed by atoms with Crippen LogP contribution in [0.3, 0.4) is 0 Å². The van der Waals surface area contributed by atoms with E-state index in [4.69, 9.17) is 0 Å². The number of benzene rings is 1. The highest BCUT2D eigenvalue weighted by molar-refractivity contribution is 7.10. The Morgan fingerprint density at radius 2 is 2.14 bits per heavy atom. The van der Waals surface area contributed by atoms with Gasteiger partial charge in [0, 0.05) is 11.9 Å². The monoisotopic (exact) mass is 395 g/mol. The first-order chi connectivity index (χ1) is 13.6. The number of hydrogen-bond acceptors (Lipinski definition) is 5. The van der Waals surface area contributed by atoms with Crippen molar-refractivity contribution in [3.05, 3.63) is 69.9 Å². The summed E-state index contributed by atoms with van der Waals surface area (Å²) < 4.78 is 1.95. The molecule has 1 saturated heterocycles. The Morgan fingerprint density at radius 1 is 1.32 bits per heavy atom. The lowest BCUT2D eigenvalue weighted by Gasteiger charge is -2.25. The van der Waals surface area contributed by atoms with Crippen molar-refractivity contribution < 1.29 is 4.79 Å². The number of rotatable bonds is 6. The molecule has 0 saturated carbocycles. The summed E-state index contributed by atoms with van der Waals surface area (Å²) in [4.78, 5) is 16.3. The molecule has 3 heterocycles. The lowest BCUT2D eigenvalue weighted by molar-refractivity contribution is -0.123. The summed E-state index contributed by atoms with van der Waals surface area (Å²) in [6.07, 6.45) is 3.79. The normalized spacial score (nSPS) is 18.3. The minimum Gasteiger partial charge on any atom is -0.343 e. The SMILES string of the molecule is Cc1ccc([C@H](NC(=O)CN2CCC[C@H]2c2nncn2C)c2cccs2)cc1. The van der Waals surface area contributed by atoms with E-state index < -0.39 is 0 Å². The van der Waals surface area contributed by atoms with Gasteiger partial charge in [-0.3, -0.25) is 9.69 Å². The molecule has 146 valence electrons. The van der Waals surface area contributed by atoms with Gasteiger partial charge in [0.05, 0.1) is 18.6 Å². The van der Waals surface area contributed by atoms with Gasteiger partial charge >= 0.3 is 0 Å². The molecule has 28 heavy (non-hydrogen) atoms. The van der Waals surface area contributed by atoms with Gasteiger partial charge in [-0.15, -0.1) is 21.5 Å². The number of amides is 1. The highest BCUT2D eigenvalue weighted by atomic mass is 32.1. The fraction of sp³-hybridized carbons (Fsp3) is 0.381. The van der Waals surface area contributed by atoms with E-state index >= 15 is 0 Å². The number of thiophene rings is 1. The molecule has 2 atom stereocenters. The summed E-state index contributed by atoms with van der Waals surface area (Å²) in [5.41, 5.74) is 2.32. The quantitative estimate of drug-likeness (QED) is 0.696. The van der Waals surface area contributed by atoms with Crippen LogP contribution in [0.2, 0.25) is 0 Å². The Morgan fingerprint density at radius 3 is 2.82 bits per heavy atom. The zero-order valence-electron chi connectivity index (χ0n) is 16.2. The smallest absolute Gasteiger partial charge is 0.234 e. The summed E-state index contributed by atoms with van der Waals surface area (Å²) in [7, 11) is 1.95. The van der Waals surface area contributed by atoms with E-state index in [0.717, 1.165) is 35.7 Å². The second-order valence-electron chi connectivity index (χ2n) is 7.36. The van der Waals surface area contributed by atoms with E-state index in [1.165, 1.54) is 5.56 Å². The molecule has 3 aromatic rings. The van der Waals surface area contributed by atoms with Crippen LogP contribution in [0, 0.1) is 6.92 Å². The van der Waals surface area contributed by atoms with Gasteiger partial charge in [0.2, 0.25) is 5.91 Å². The average Bonchev–Trinajstić information content (AvgIpc) is 3.42. The van der Waals surface area contributed by atoms with Crippen LogP contribution < -0.4 is 5.32 Å². The molecule has 1 aliphatic heterocycles. The first kappa shape index (κ1) is 18.8. The molecular formula is C21H25N5OS. The molecule has 1 aliphatic rings. The predicted octanol–water partition coefficient (Wildman–Crippen LogP) is 3.23. The Labute approximate surface area is 169 Å². The first-order valence-electron chi connectivity index (χ1n) is 9.59. The first-order valence-corrected chi connectivity index (χ1v) is 10.5. The maximum Gasteiger partial charge on any atom is 0.234 e. The fourth-order valence-corrected chi connectivity index (χ4v) is 4.63. The summed E-state index contributed by atoms with van der Waals surface area (Å²) in [6, 6.07) is 12.5. The zero-order valence-corrected chi connectivity index (χ0v) is 17.0. The molecule has 1 N–H and O–H groups in total. The highest BCUT2D eigenvalue weighted by Gasteiger charge is 2.31. The third kappa shape index (κ3) is 4.00. The summed E-state index contributed by atoms with van der Waals surface area (Å²) >= 11 is 1.67. The van der Waals surface area contributed by atoms with Gasteiger partial charge in [-0.2, -0.15) is 0 Å². The van der Waals surface area contributed by atoms with Crippen LogP contribution in [0.5, 0.6) is 0 Å². The van der Waals surface area contributed by atoms with Crippen molar-refractivity contribution in [1.82, 2.24) is 25.0 Å². The average molecular weight is 396 g/mol. The Hall–Kier alpha value is -2.51. The van der Waals surface area contributed by atoms with Gasteiger partial charge in [-0.05, 0) is 43.3 Å².